The lowest BCUT2D eigenvalue weighted by atomic mass is 10.00. The molecule has 0 aromatic heterocycles. The van der Waals surface area contributed by atoms with Gasteiger partial charge in [0.1, 0.15) is 17.7 Å². The largest absolute Gasteiger partial charge is 0.493 e. The number of carbonyl (C=O) groups is 1. The number of nitrogens with one attached hydrogen (secondary N) is 1. The van der Waals surface area contributed by atoms with Gasteiger partial charge < -0.3 is 19.5 Å². The van der Waals surface area contributed by atoms with E-state index < -0.39 is 5.91 Å². The molecule has 6 heteroatoms. The molecule has 0 spiro atoms. The first kappa shape index (κ1) is 20.5. The Morgan fingerprint density at radius 1 is 1.44 bits per heavy atom. The summed E-state index contributed by atoms with van der Waals surface area (Å²) in [4.78, 5) is 12.3. The van der Waals surface area contributed by atoms with Crippen LogP contribution < -0.4 is 14.8 Å². The minimum absolute atomic E-state index is 0.0489. The molecule has 0 fully saturated rings. The summed E-state index contributed by atoms with van der Waals surface area (Å²) >= 11 is 0. The Morgan fingerprint density at radius 3 is 2.89 bits per heavy atom. The van der Waals surface area contributed by atoms with E-state index in [1.807, 2.05) is 51.1 Å². The predicted octanol–water partition coefficient (Wildman–Crippen LogP) is 3.24. The highest BCUT2D eigenvalue weighted by Gasteiger charge is 2.22. The number of para-hydroxylation sites is 1. The Balaban J connectivity index is 2.08. The highest BCUT2D eigenvalue weighted by Crippen LogP contribution is 2.38. The molecule has 1 heterocycles. The molecule has 0 radical (unpaired) electrons. The topological polar surface area (TPSA) is 80.6 Å². The van der Waals surface area contributed by atoms with Crippen LogP contribution in [0.1, 0.15) is 32.8 Å². The van der Waals surface area contributed by atoms with Crippen molar-refractivity contribution in [1.82, 2.24) is 5.32 Å². The molecule has 6 nitrogen and oxygen atoms in total. The van der Waals surface area contributed by atoms with Crippen LogP contribution in [0.4, 0.5) is 0 Å². The molecule has 0 bridgehead atoms. The SMILES string of the molecule is COc1cccc2c1OC(C)C(C=C(C#N)C(=O)NCCCOC(C)C)=C2. The van der Waals surface area contributed by atoms with Crippen LogP contribution >= 0.6 is 0 Å². The van der Waals surface area contributed by atoms with Crippen LogP contribution in [0.5, 0.6) is 11.5 Å². The van der Waals surface area contributed by atoms with Crippen molar-refractivity contribution in [3.05, 3.63) is 41.0 Å². The summed E-state index contributed by atoms with van der Waals surface area (Å²) in [6.07, 6.45) is 4.04. The second kappa shape index (κ2) is 9.79. The average molecular weight is 370 g/mol. The van der Waals surface area contributed by atoms with E-state index in [-0.39, 0.29) is 17.8 Å². The summed E-state index contributed by atoms with van der Waals surface area (Å²) in [5.74, 6) is 0.921. The Morgan fingerprint density at radius 2 is 2.22 bits per heavy atom. The van der Waals surface area contributed by atoms with Crippen LogP contribution in [-0.4, -0.2) is 38.4 Å². The van der Waals surface area contributed by atoms with Crippen LogP contribution in [0.15, 0.2) is 35.4 Å². The first-order chi connectivity index (χ1) is 13.0. The molecule has 1 N–H and O–H groups in total. The molecule has 1 aliphatic heterocycles. The smallest absolute Gasteiger partial charge is 0.261 e. The lowest BCUT2D eigenvalue weighted by molar-refractivity contribution is -0.117. The van der Waals surface area contributed by atoms with Crippen LogP contribution in [0.25, 0.3) is 6.08 Å². The number of nitriles is 1. The lowest BCUT2D eigenvalue weighted by Gasteiger charge is -2.24. The van der Waals surface area contributed by atoms with Gasteiger partial charge >= 0.3 is 0 Å². The number of hydrogen-bond acceptors (Lipinski definition) is 5. The van der Waals surface area contributed by atoms with Gasteiger partial charge in [-0.05, 0) is 51.0 Å². The molecule has 1 aliphatic rings. The van der Waals surface area contributed by atoms with Gasteiger partial charge in [-0.1, -0.05) is 12.1 Å². The third kappa shape index (κ3) is 5.60. The summed E-state index contributed by atoms with van der Waals surface area (Å²) in [5.41, 5.74) is 1.65. The van der Waals surface area contributed by atoms with Gasteiger partial charge in [-0.2, -0.15) is 5.26 Å². The van der Waals surface area contributed by atoms with E-state index in [4.69, 9.17) is 14.2 Å². The van der Waals surface area contributed by atoms with E-state index in [9.17, 15) is 10.1 Å². The molecule has 27 heavy (non-hydrogen) atoms. The Labute approximate surface area is 160 Å². The van der Waals surface area contributed by atoms with Crippen molar-refractivity contribution in [2.45, 2.75) is 39.4 Å². The van der Waals surface area contributed by atoms with Crippen LogP contribution in [0, 0.1) is 11.3 Å². The van der Waals surface area contributed by atoms with Crippen molar-refractivity contribution in [3.63, 3.8) is 0 Å². The summed E-state index contributed by atoms with van der Waals surface area (Å²) in [6, 6.07) is 7.57. The Hall–Kier alpha value is -2.78. The maximum Gasteiger partial charge on any atom is 0.261 e. The van der Waals surface area contributed by atoms with Crippen molar-refractivity contribution in [2.24, 2.45) is 0 Å². The molecule has 0 saturated heterocycles. The number of nitrogens with zero attached hydrogens (tertiary/aromatic N) is 1. The number of methoxy groups -OCH3 is 1. The van der Waals surface area contributed by atoms with Gasteiger partial charge in [0.05, 0.1) is 13.2 Å². The standard InChI is InChI=1S/C21H26N2O4/c1-14(2)26-10-6-9-23-21(24)18(13-22)12-17-11-16-7-5-8-19(25-4)20(16)27-15(17)3/h5,7-8,11-12,14-15H,6,9-10H2,1-4H3,(H,23,24). The molecule has 1 unspecified atom stereocenters. The highest BCUT2D eigenvalue weighted by molar-refractivity contribution is 5.98. The molecule has 144 valence electrons. The summed E-state index contributed by atoms with van der Waals surface area (Å²) in [5, 5.41) is 12.1. The summed E-state index contributed by atoms with van der Waals surface area (Å²) in [6.45, 7) is 6.82. The van der Waals surface area contributed by atoms with Crippen LogP contribution in [0.3, 0.4) is 0 Å². The maximum absolute atomic E-state index is 12.3. The fourth-order valence-corrected chi connectivity index (χ4v) is 2.64. The quantitative estimate of drug-likeness (QED) is 0.432. The summed E-state index contributed by atoms with van der Waals surface area (Å²) < 4.78 is 16.7. The predicted molar refractivity (Wildman–Crippen MR) is 103 cm³/mol. The first-order valence-corrected chi connectivity index (χ1v) is 9.03. The van der Waals surface area contributed by atoms with Gasteiger partial charge in [0, 0.05) is 18.7 Å². The van der Waals surface area contributed by atoms with Crippen molar-refractivity contribution in [1.29, 1.82) is 5.26 Å². The number of rotatable bonds is 8. The molecule has 0 saturated carbocycles. The zero-order valence-corrected chi connectivity index (χ0v) is 16.2. The van der Waals surface area contributed by atoms with Gasteiger partial charge in [0.2, 0.25) is 0 Å². The minimum Gasteiger partial charge on any atom is -0.493 e. The molecule has 1 aromatic carbocycles. The molecular weight excluding hydrogens is 344 g/mol. The van der Waals surface area contributed by atoms with Crippen molar-refractivity contribution in [2.75, 3.05) is 20.3 Å². The number of benzene rings is 1. The lowest BCUT2D eigenvalue weighted by Crippen LogP contribution is -2.27. The molecule has 1 aromatic rings. The fraction of sp³-hybridized carbons (Fsp3) is 0.429. The number of carbonyl (C=O) groups excluding carboxylic acids is 1. The molecule has 1 amide bonds. The molecule has 1 atom stereocenters. The van der Waals surface area contributed by atoms with Crippen LogP contribution in [-0.2, 0) is 9.53 Å². The zero-order chi connectivity index (χ0) is 19.8. The van der Waals surface area contributed by atoms with Gasteiger partial charge in [0.25, 0.3) is 5.91 Å². The average Bonchev–Trinajstić information content (AvgIpc) is 2.65. The fourth-order valence-electron chi connectivity index (χ4n) is 2.64. The van der Waals surface area contributed by atoms with Gasteiger partial charge in [-0.15, -0.1) is 0 Å². The van der Waals surface area contributed by atoms with Crippen molar-refractivity contribution in [3.8, 4) is 17.6 Å². The maximum atomic E-state index is 12.3. The Kier molecular flexibility index (Phi) is 7.44. The minimum atomic E-state index is -0.397. The highest BCUT2D eigenvalue weighted by atomic mass is 16.5. The normalized spacial score (nSPS) is 16.1. The monoisotopic (exact) mass is 370 g/mol. The first-order valence-electron chi connectivity index (χ1n) is 9.03. The summed E-state index contributed by atoms with van der Waals surface area (Å²) in [7, 11) is 1.59. The van der Waals surface area contributed by atoms with Crippen molar-refractivity contribution < 1.29 is 19.0 Å². The number of hydrogen-bond donors (Lipinski definition) is 1. The van der Waals surface area contributed by atoms with Gasteiger partial charge in [-0.3, -0.25) is 4.79 Å². The number of fused-ring (bicyclic) bond motifs is 1. The van der Waals surface area contributed by atoms with Gasteiger partial charge in [0.15, 0.2) is 11.5 Å². The second-order valence-electron chi connectivity index (χ2n) is 6.48. The molecule has 0 aliphatic carbocycles. The van der Waals surface area contributed by atoms with E-state index in [1.54, 1.807) is 13.2 Å². The van der Waals surface area contributed by atoms with E-state index in [1.165, 1.54) is 0 Å². The van der Waals surface area contributed by atoms with E-state index in [0.29, 0.717) is 31.1 Å². The van der Waals surface area contributed by atoms with E-state index in [2.05, 4.69) is 5.32 Å². The second-order valence-corrected chi connectivity index (χ2v) is 6.48. The van der Waals surface area contributed by atoms with Crippen LogP contribution in [0.2, 0.25) is 0 Å². The third-order valence-corrected chi connectivity index (χ3v) is 4.05. The van der Waals surface area contributed by atoms with E-state index in [0.717, 1.165) is 11.1 Å². The third-order valence-electron chi connectivity index (χ3n) is 4.05. The Bertz CT molecular complexity index is 775. The number of ether oxygens (including phenoxy) is 3. The van der Waals surface area contributed by atoms with Crippen molar-refractivity contribution >= 4 is 12.0 Å². The molecule has 2 rings (SSSR count). The van der Waals surface area contributed by atoms with Gasteiger partial charge in [-0.25, -0.2) is 0 Å². The zero-order valence-electron chi connectivity index (χ0n) is 16.2. The van der Waals surface area contributed by atoms with E-state index >= 15 is 0 Å². The number of amides is 1. The molecular formula is C21H26N2O4.